The van der Waals surface area contributed by atoms with Crippen molar-refractivity contribution in [2.75, 3.05) is 13.1 Å². The molecule has 2 aromatic heterocycles. The summed E-state index contributed by atoms with van der Waals surface area (Å²) in [7, 11) is 0. The van der Waals surface area contributed by atoms with Crippen LogP contribution in [0.1, 0.15) is 51.8 Å². The number of carbonyl (C=O) groups is 1. The zero-order chi connectivity index (χ0) is 24.2. The lowest BCUT2D eigenvalue weighted by Gasteiger charge is -2.33. The van der Waals surface area contributed by atoms with E-state index in [9.17, 15) is 4.79 Å². The van der Waals surface area contributed by atoms with Crippen molar-refractivity contribution < 1.29 is 9.53 Å². The van der Waals surface area contributed by atoms with Crippen LogP contribution in [-0.2, 0) is 6.54 Å². The summed E-state index contributed by atoms with van der Waals surface area (Å²) in [5.41, 5.74) is 3.62. The van der Waals surface area contributed by atoms with Crippen molar-refractivity contribution >= 4 is 5.91 Å². The lowest BCUT2D eigenvalue weighted by Crippen LogP contribution is -2.39. The van der Waals surface area contributed by atoms with Gasteiger partial charge in [0.25, 0.3) is 5.91 Å². The summed E-state index contributed by atoms with van der Waals surface area (Å²) in [6.45, 7) is 6.00. The highest BCUT2D eigenvalue weighted by Crippen LogP contribution is 2.34. The number of aromatic nitrogens is 4. The topological polar surface area (TPSA) is 73.1 Å². The van der Waals surface area contributed by atoms with Crippen LogP contribution in [0.15, 0.2) is 73.3 Å². The maximum absolute atomic E-state index is 13.5. The van der Waals surface area contributed by atoms with Gasteiger partial charge in [-0.25, -0.2) is 9.97 Å². The number of rotatable bonds is 6. The Labute approximate surface area is 205 Å². The van der Waals surface area contributed by atoms with Gasteiger partial charge in [-0.1, -0.05) is 30.3 Å². The predicted molar refractivity (Wildman–Crippen MR) is 134 cm³/mol. The number of amides is 1. The number of carbonyl (C=O) groups excluding carboxylic acids is 1. The molecule has 3 heterocycles. The molecule has 0 saturated carbocycles. The van der Waals surface area contributed by atoms with Crippen molar-refractivity contribution in [1.82, 2.24) is 24.4 Å². The molecule has 2 aromatic carbocycles. The summed E-state index contributed by atoms with van der Waals surface area (Å²) in [6, 6.07) is 15.7. The summed E-state index contributed by atoms with van der Waals surface area (Å²) in [5.74, 6) is 2.34. The Morgan fingerprint density at radius 2 is 1.89 bits per heavy atom. The Balaban J connectivity index is 1.33. The molecule has 1 saturated heterocycles. The van der Waals surface area contributed by atoms with E-state index in [4.69, 9.17) is 4.74 Å². The molecule has 7 heteroatoms. The molecule has 5 rings (SSSR count). The molecule has 1 unspecified atom stereocenters. The minimum atomic E-state index is 0.0455. The number of imidazole rings is 1. The molecule has 1 fully saturated rings. The Bertz CT molecular complexity index is 1330. The van der Waals surface area contributed by atoms with E-state index in [1.54, 1.807) is 18.6 Å². The molecule has 0 bridgehead atoms. The van der Waals surface area contributed by atoms with Crippen molar-refractivity contribution in [3.8, 4) is 11.6 Å². The summed E-state index contributed by atoms with van der Waals surface area (Å²) < 4.78 is 8.24. The number of para-hydroxylation sites is 1. The minimum Gasteiger partial charge on any atom is -0.437 e. The van der Waals surface area contributed by atoms with Crippen LogP contribution in [0.2, 0.25) is 0 Å². The first-order valence-electron chi connectivity index (χ1n) is 12.0. The first-order valence-corrected chi connectivity index (χ1v) is 12.0. The fourth-order valence-electron chi connectivity index (χ4n) is 4.61. The zero-order valence-electron chi connectivity index (χ0n) is 20.1. The van der Waals surface area contributed by atoms with Gasteiger partial charge in [0, 0.05) is 55.9 Å². The number of likely N-dealkylation sites (tertiary alicyclic amines) is 1. The zero-order valence-corrected chi connectivity index (χ0v) is 20.1. The van der Waals surface area contributed by atoms with Gasteiger partial charge in [-0.2, -0.15) is 0 Å². The van der Waals surface area contributed by atoms with Crippen molar-refractivity contribution in [1.29, 1.82) is 0 Å². The SMILES string of the molecule is Cc1ccccc1Oc1nccnc1C1CCCN(C(=O)c2cccc(Cn3ccnc3C)c2)C1. The van der Waals surface area contributed by atoms with Gasteiger partial charge in [0.1, 0.15) is 17.3 Å². The third-order valence-corrected chi connectivity index (χ3v) is 6.54. The molecule has 0 spiro atoms. The molecule has 1 aliphatic heterocycles. The van der Waals surface area contributed by atoms with E-state index in [-0.39, 0.29) is 11.8 Å². The largest absolute Gasteiger partial charge is 0.437 e. The van der Waals surface area contributed by atoms with Crippen LogP contribution in [0.25, 0.3) is 0 Å². The summed E-state index contributed by atoms with van der Waals surface area (Å²) >= 11 is 0. The maximum Gasteiger partial charge on any atom is 0.253 e. The van der Waals surface area contributed by atoms with Gasteiger partial charge in [0.15, 0.2) is 0 Å². The molecule has 1 atom stereocenters. The van der Waals surface area contributed by atoms with E-state index >= 15 is 0 Å². The highest BCUT2D eigenvalue weighted by Gasteiger charge is 2.29. The van der Waals surface area contributed by atoms with Gasteiger partial charge >= 0.3 is 0 Å². The molecule has 178 valence electrons. The quantitative estimate of drug-likeness (QED) is 0.392. The molecule has 1 amide bonds. The van der Waals surface area contributed by atoms with Gasteiger partial charge < -0.3 is 14.2 Å². The second-order valence-electron chi connectivity index (χ2n) is 9.01. The number of ether oxygens (including phenoxy) is 1. The van der Waals surface area contributed by atoms with E-state index in [1.807, 2.05) is 73.5 Å². The second kappa shape index (κ2) is 10.1. The molecule has 7 nitrogen and oxygen atoms in total. The summed E-state index contributed by atoms with van der Waals surface area (Å²) in [4.78, 5) is 28.8. The normalized spacial score (nSPS) is 15.7. The van der Waals surface area contributed by atoms with E-state index in [0.29, 0.717) is 24.5 Å². The van der Waals surface area contributed by atoms with Crippen molar-refractivity contribution in [2.24, 2.45) is 0 Å². The number of benzene rings is 2. The molecule has 1 aliphatic rings. The van der Waals surface area contributed by atoms with Crippen LogP contribution >= 0.6 is 0 Å². The summed E-state index contributed by atoms with van der Waals surface area (Å²) in [6.07, 6.45) is 8.94. The third kappa shape index (κ3) is 5.09. The monoisotopic (exact) mass is 467 g/mol. The predicted octanol–water partition coefficient (Wildman–Crippen LogP) is 5.15. The highest BCUT2D eigenvalue weighted by atomic mass is 16.5. The molecule has 35 heavy (non-hydrogen) atoms. The Morgan fingerprint density at radius 1 is 1.03 bits per heavy atom. The lowest BCUT2D eigenvalue weighted by atomic mass is 9.94. The standard InChI is InChI=1S/C28H29N5O2/c1-20-7-3-4-11-25(20)35-27-26(30-12-13-31-27)24-10-6-15-33(19-24)28(34)23-9-5-8-22(17-23)18-32-16-14-29-21(32)2/h3-5,7-9,11-14,16-17,24H,6,10,15,18-19H2,1-2H3. The number of hydrogen-bond acceptors (Lipinski definition) is 5. The maximum atomic E-state index is 13.5. The fourth-order valence-corrected chi connectivity index (χ4v) is 4.61. The van der Waals surface area contributed by atoms with Crippen LogP contribution in [0, 0.1) is 13.8 Å². The number of piperidine rings is 1. The number of nitrogens with zero attached hydrogens (tertiary/aromatic N) is 5. The van der Waals surface area contributed by atoms with Crippen molar-refractivity contribution in [2.45, 2.75) is 39.2 Å². The molecule has 0 radical (unpaired) electrons. The van der Waals surface area contributed by atoms with E-state index in [1.165, 1.54) is 0 Å². The number of hydrogen-bond donors (Lipinski definition) is 0. The smallest absolute Gasteiger partial charge is 0.253 e. The second-order valence-corrected chi connectivity index (χ2v) is 9.01. The minimum absolute atomic E-state index is 0.0455. The molecule has 4 aromatic rings. The summed E-state index contributed by atoms with van der Waals surface area (Å²) in [5, 5.41) is 0. The van der Waals surface area contributed by atoms with Gasteiger partial charge in [-0.3, -0.25) is 9.78 Å². The van der Waals surface area contributed by atoms with E-state index in [2.05, 4.69) is 19.5 Å². The van der Waals surface area contributed by atoms with Crippen molar-refractivity contribution in [3.05, 3.63) is 102 Å². The van der Waals surface area contributed by atoms with Gasteiger partial charge in [0.2, 0.25) is 5.88 Å². The van der Waals surface area contributed by atoms with Crippen molar-refractivity contribution in [3.63, 3.8) is 0 Å². The average molecular weight is 468 g/mol. The van der Waals surface area contributed by atoms with Crippen LogP contribution < -0.4 is 4.74 Å². The van der Waals surface area contributed by atoms with Gasteiger partial charge in [-0.05, 0) is 56.0 Å². The number of aryl methyl sites for hydroxylation is 2. The van der Waals surface area contributed by atoms with Gasteiger partial charge in [0.05, 0.1) is 0 Å². The van der Waals surface area contributed by atoms with Crippen LogP contribution in [0.4, 0.5) is 0 Å². The van der Waals surface area contributed by atoms with Gasteiger partial charge in [-0.15, -0.1) is 0 Å². The average Bonchev–Trinajstić information content (AvgIpc) is 3.29. The molecule has 0 N–H and O–H groups in total. The highest BCUT2D eigenvalue weighted by molar-refractivity contribution is 5.94. The molecule has 0 aliphatic carbocycles. The first kappa shape index (κ1) is 22.8. The Kier molecular flexibility index (Phi) is 6.57. The van der Waals surface area contributed by atoms with Crippen LogP contribution in [-0.4, -0.2) is 43.4 Å². The molecular formula is C28H29N5O2. The third-order valence-electron chi connectivity index (χ3n) is 6.54. The lowest BCUT2D eigenvalue weighted by molar-refractivity contribution is 0.0704. The first-order chi connectivity index (χ1) is 17.1. The molecular weight excluding hydrogens is 438 g/mol. The Hall–Kier alpha value is -4.00. The Morgan fingerprint density at radius 3 is 2.71 bits per heavy atom. The van der Waals surface area contributed by atoms with Crippen LogP contribution in [0.3, 0.4) is 0 Å². The van der Waals surface area contributed by atoms with E-state index < -0.39 is 0 Å². The van der Waals surface area contributed by atoms with E-state index in [0.717, 1.165) is 47.8 Å². The fraction of sp³-hybridized carbons (Fsp3) is 0.286. The van der Waals surface area contributed by atoms with Crippen LogP contribution in [0.5, 0.6) is 11.6 Å².